The highest BCUT2D eigenvalue weighted by Gasteiger charge is 2.12. The Morgan fingerprint density at radius 1 is 0.958 bits per heavy atom. The number of carbonyl (C=O) groups is 1. The highest BCUT2D eigenvalue weighted by atomic mass is 32.2. The van der Waals surface area contributed by atoms with Gasteiger partial charge in [-0.3, -0.25) is 4.79 Å². The van der Waals surface area contributed by atoms with Gasteiger partial charge in [-0.2, -0.15) is 0 Å². The average Bonchev–Trinajstić information content (AvgIpc) is 2.64. The van der Waals surface area contributed by atoms with Crippen molar-refractivity contribution in [3.63, 3.8) is 0 Å². The molecule has 2 rings (SSSR count). The fourth-order valence-electron chi connectivity index (χ4n) is 2.14. The molecule has 0 aliphatic carbocycles. The van der Waals surface area contributed by atoms with Crippen LogP contribution < -0.4 is 19.5 Å². The molecule has 0 unspecified atom stereocenters. The summed E-state index contributed by atoms with van der Waals surface area (Å²) in [5, 5.41) is 2.90. The fraction of sp³-hybridized carbons (Fsp3) is 0.278. The standard InChI is InChI=1S/C18H21NO4S/c1-21-15-10-17(23-3)16(22-2)9-13(15)11-19-18(20)12-24-14-7-5-4-6-8-14/h4-10H,11-12H2,1-3H3,(H,19,20). The molecule has 0 spiro atoms. The van der Waals surface area contributed by atoms with Crippen LogP contribution in [-0.4, -0.2) is 33.0 Å². The van der Waals surface area contributed by atoms with E-state index in [2.05, 4.69) is 5.32 Å². The van der Waals surface area contributed by atoms with Crippen molar-refractivity contribution in [2.75, 3.05) is 27.1 Å². The smallest absolute Gasteiger partial charge is 0.230 e. The Balaban J connectivity index is 1.96. The minimum absolute atomic E-state index is 0.0410. The Hall–Kier alpha value is -2.34. The molecule has 0 saturated heterocycles. The van der Waals surface area contributed by atoms with Crippen LogP contribution in [0.2, 0.25) is 0 Å². The summed E-state index contributed by atoms with van der Waals surface area (Å²) in [6, 6.07) is 13.4. The summed E-state index contributed by atoms with van der Waals surface area (Å²) in [5.41, 5.74) is 0.827. The second-order valence-electron chi connectivity index (χ2n) is 4.90. The lowest BCUT2D eigenvalue weighted by molar-refractivity contribution is -0.118. The number of hydrogen-bond donors (Lipinski definition) is 1. The number of thioether (sulfide) groups is 1. The summed E-state index contributed by atoms with van der Waals surface area (Å²) in [6.07, 6.45) is 0. The summed E-state index contributed by atoms with van der Waals surface area (Å²) >= 11 is 1.50. The van der Waals surface area contributed by atoms with Gasteiger partial charge in [0.25, 0.3) is 0 Å². The molecule has 1 amide bonds. The van der Waals surface area contributed by atoms with E-state index in [-0.39, 0.29) is 5.91 Å². The number of rotatable bonds is 8. The van der Waals surface area contributed by atoms with Crippen molar-refractivity contribution in [2.24, 2.45) is 0 Å². The zero-order valence-corrected chi connectivity index (χ0v) is 14.8. The predicted octanol–water partition coefficient (Wildman–Crippen LogP) is 3.12. The van der Waals surface area contributed by atoms with Crippen molar-refractivity contribution in [3.05, 3.63) is 48.0 Å². The van der Waals surface area contributed by atoms with Crippen LogP contribution in [0.1, 0.15) is 5.56 Å². The van der Waals surface area contributed by atoms with Gasteiger partial charge in [0.1, 0.15) is 5.75 Å². The number of benzene rings is 2. The van der Waals surface area contributed by atoms with Gasteiger partial charge in [-0.1, -0.05) is 18.2 Å². The van der Waals surface area contributed by atoms with E-state index in [1.54, 1.807) is 27.4 Å². The van der Waals surface area contributed by atoms with Crippen molar-refractivity contribution in [3.8, 4) is 17.2 Å². The van der Waals surface area contributed by atoms with Crippen LogP contribution in [0.4, 0.5) is 0 Å². The third-order valence-corrected chi connectivity index (χ3v) is 4.39. The summed E-state index contributed by atoms with van der Waals surface area (Å²) < 4.78 is 15.9. The summed E-state index contributed by atoms with van der Waals surface area (Å²) in [6.45, 7) is 0.359. The molecular weight excluding hydrogens is 326 g/mol. The second kappa shape index (κ2) is 9.08. The van der Waals surface area contributed by atoms with Gasteiger partial charge in [-0.25, -0.2) is 0 Å². The van der Waals surface area contributed by atoms with E-state index < -0.39 is 0 Å². The maximum absolute atomic E-state index is 12.0. The molecule has 0 heterocycles. The Morgan fingerprint density at radius 3 is 2.21 bits per heavy atom. The minimum Gasteiger partial charge on any atom is -0.496 e. The minimum atomic E-state index is -0.0410. The number of methoxy groups -OCH3 is 3. The van der Waals surface area contributed by atoms with Crippen LogP contribution in [0.15, 0.2) is 47.4 Å². The number of amides is 1. The lowest BCUT2D eigenvalue weighted by Crippen LogP contribution is -2.24. The first-order valence-electron chi connectivity index (χ1n) is 7.41. The molecule has 6 heteroatoms. The Bertz CT molecular complexity index is 676. The van der Waals surface area contributed by atoms with Crippen LogP contribution in [0.25, 0.3) is 0 Å². The van der Waals surface area contributed by atoms with Gasteiger partial charge in [0.05, 0.1) is 27.1 Å². The third kappa shape index (κ3) is 4.83. The predicted molar refractivity (Wildman–Crippen MR) is 95.1 cm³/mol. The van der Waals surface area contributed by atoms with E-state index in [9.17, 15) is 4.79 Å². The van der Waals surface area contributed by atoms with E-state index in [0.717, 1.165) is 10.5 Å². The van der Waals surface area contributed by atoms with Crippen molar-refractivity contribution in [2.45, 2.75) is 11.4 Å². The van der Waals surface area contributed by atoms with Gasteiger partial charge in [0.15, 0.2) is 11.5 Å². The number of ether oxygens (including phenoxy) is 3. The van der Waals surface area contributed by atoms with Crippen molar-refractivity contribution in [1.82, 2.24) is 5.32 Å². The first-order chi connectivity index (χ1) is 11.7. The molecule has 0 fully saturated rings. The number of hydrogen-bond acceptors (Lipinski definition) is 5. The molecule has 2 aromatic carbocycles. The third-order valence-electron chi connectivity index (χ3n) is 3.38. The van der Waals surface area contributed by atoms with Gasteiger partial charge in [-0.15, -0.1) is 11.8 Å². The van der Waals surface area contributed by atoms with Gasteiger partial charge in [-0.05, 0) is 18.2 Å². The molecule has 0 bridgehead atoms. The zero-order valence-electron chi connectivity index (χ0n) is 14.0. The molecule has 0 radical (unpaired) electrons. The monoisotopic (exact) mass is 347 g/mol. The van der Waals surface area contributed by atoms with Crippen LogP contribution in [-0.2, 0) is 11.3 Å². The van der Waals surface area contributed by atoms with Gasteiger partial charge < -0.3 is 19.5 Å². The van der Waals surface area contributed by atoms with Crippen molar-refractivity contribution in [1.29, 1.82) is 0 Å². The molecule has 2 aromatic rings. The van der Waals surface area contributed by atoms with E-state index in [1.807, 2.05) is 36.4 Å². The highest BCUT2D eigenvalue weighted by molar-refractivity contribution is 8.00. The molecule has 0 aliphatic heterocycles. The van der Waals surface area contributed by atoms with Gasteiger partial charge in [0.2, 0.25) is 5.91 Å². The molecule has 0 saturated carbocycles. The van der Waals surface area contributed by atoms with E-state index in [0.29, 0.717) is 29.5 Å². The molecule has 1 N–H and O–H groups in total. The Morgan fingerprint density at radius 2 is 1.58 bits per heavy atom. The van der Waals surface area contributed by atoms with Crippen molar-refractivity contribution < 1.29 is 19.0 Å². The molecule has 0 atom stereocenters. The van der Waals surface area contributed by atoms with Crippen molar-refractivity contribution >= 4 is 17.7 Å². The first-order valence-corrected chi connectivity index (χ1v) is 8.40. The van der Waals surface area contributed by atoms with E-state index in [4.69, 9.17) is 14.2 Å². The SMILES string of the molecule is COc1cc(OC)c(OC)cc1CNC(=O)CSc1ccccc1. The topological polar surface area (TPSA) is 56.8 Å². The Kier molecular flexibility index (Phi) is 6.81. The fourth-order valence-corrected chi connectivity index (χ4v) is 2.89. The molecule has 0 aromatic heterocycles. The number of nitrogens with one attached hydrogen (secondary N) is 1. The maximum Gasteiger partial charge on any atom is 0.230 e. The normalized spacial score (nSPS) is 10.1. The molecule has 128 valence electrons. The zero-order chi connectivity index (χ0) is 17.4. The average molecular weight is 347 g/mol. The first kappa shape index (κ1) is 18.0. The van der Waals surface area contributed by atoms with Crippen LogP contribution in [0, 0.1) is 0 Å². The van der Waals surface area contributed by atoms with E-state index in [1.165, 1.54) is 11.8 Å². The second-order valence-corrected chi connectivity index (χ2v) is 5.95. The number of carbonyl (C=O) groups excluding carboxylic acids is 1. The van der Waals surface area contributed by atoms with Crippen LogP contribution in [0.3, 0.4) is 0 Å². The Labute approximate surface area is 146 Å². The summed E-state index contributed by atoms with van der Waals surface area (Å²) in [4.78, 5) is 13.1. The highest BCUT2D eigenvalue weighted by Crippen LogP contribution is 2.34. The quantitative estimate of drug-likeness (QED) is 0.744. The van der Waals surface area contributed by atoms with Crippen LogP contribution >= 0.6 is 11.8 Å². The summed E-state index contributed by atoms with van der Waals surface area (Å²) in [5.74, 6) is 2.15. The van der Waals surface area contributed by atoms with Gasteiger partial charge >= 0.3 is 0 Å². The van der Waals surface area contributed by atoms with Crippen LogP contribution in [0.5, 0.6) is 17.2 Å². The summed E-state index contributed by atoms with van der Waals surface area (Å²) in [7, 11) is 4.72. The van der Waals surface area contributed by atoms with Gasteiger partial charge in [0, 0.05) is 23.1 Å². The van der Waals surface area contributed by atoms with E-state index >= 15 is 0 Å². The lowest BCUT2D eigenvalue weighted by atomic mass is 10.1. The molecule has 0 aliphatic rings. The molecular formula is C18H21NO4S. The largest absolute Gasteiger partial charge is 0.496 e. The molecule has 24 heavy (non-hydrogen) atoms. The molecule has 5 nitrogen and oxygen atoms in total. The lowest BCUT2D eigenvalue weighted by Gasteiger charge is -2.14. The maximum atomic E-state index is 12.0.